The van der Waals surface area contributed by atoms with Crippen molar-refractivity contribution in [1.82, 2.24) is 15.2 Å². The number of nitrogens with zero attached hydrogens (tertiary/aromatic N) is 3. The predicted molar refractivity (Wildman–Crippen MR) is 72.8 cm³/mol. The van der Waals surface area contributed by atoms with Gasteiger partial charge in [0.25, 0.3) is 0 Å². The number of ether oxygens (including phenoxy) is 1. The number of esters is 1. The summed E-state index contributed by atoms with van der Waals surface area (Å²) in [6.07, 6.45) is 0. The van der Waals surface area contributed by atoms with Crippen LogP contribution in [0.15, 0.2) is 30.3 Å². The van der Waals surface area contributed by atoms with Crippen molar-refractivity contribution in [2.24, 2.45) is 0 Å². The Kier molecular flexibility index (Phi) is 4.19. The lowest BCUT2D eigenvalue weighted by molar-refractivity contribution is 0.0462. The lowest BCUT2D eigenvalue weighted by atomic mass is 10.2. The van der Waals surface area contributed by atoms with Crippen molar-refractivity contribution in [3.8, 4) is 0 Å². The lowest BCUT2D eigenvalue weighted by Gasteiger charge is -2.05. The average molecular weight is 355 g/mol. The number of aryl methyl sites for hydroxylation is 1. The molecule has 1 aromatic carbocycles. The van der Waals surface area contributed by atoms with Gasteiger partial charge in [0.1, 0.15) is 12.4 Å². The van der Waals surface area contributed by atoms with Crippen LogP contribution in [0.2, 0.25) is 0 Å². The van der Waals surface area contributed by atoms with E-state index in [4.69, 9.17) is 4.74 Å². The maximum atomic E-state index is 11.8. The van der Waals surface area contributed by atoms with Crippen LogP contribution in [0.1, 0.15) is 21.9 Å². The van der Waals surface area contributed by atoms with Gasteiger partial charge in [-0.1, -0.05) is 30.3 Å². The number of rotatable bonds is 3. The van der Waals surface area contributed by atoms with Crippen molar-refractivity contribution in [2.75, 3.05) is 0 Å². The fourth-order valence-corrected chi connectivity index (χ4v) is 1.76. The van der Waals surface area contributed by atoms with Crippen molar-refractivity contribution >= 4 is 28.6 Å². The molecular formula is C12H10IN3O2. The van der Waals surface area contributed by atoms with E-state index < -0.39 is 5.97 Å². The largest absolute Gasteiger partial charge is 0.456 e. The van der Waals surface area contributed by atoms with Gasteiger partial charge in [0, 0.05) is 0 Å². The summed E-state index contributed by atoms with van der Waals surface area (Å²) in [5, 5.41) is 7.59. The highest BCUT2D eigenvalue weighted by atomic mass is 127. The fourth-order valence-electron chi connectivity index (χ4n) is 1.32. The molecule has 2 rings (SSSR count). The Morgan fingerprint density at radius 3 is 2.72 bits per heavy atom. The van der Waals surface area contributed by atoms with Crippen LogP contribution in [0.5, 0.6) is 0 Å². The molecule has 18 heavy (non-hydrogen) atoms. The molecule has 0 bridgehead atoms. The van der Waals surface area contributed by atoms with Crippen LogP contribution < -0.4 is 0 Å². The summed E-state index contributed by atoms with van der Waals surface area (Å²) < 4.78 is 5.62. The molecule has 0 saturated carbocycles. The molecule has 2 aromatic rings. The quantitative estimate of drug-likeness (QED) is 0.624. The first kappa shape index (κ1) is 12.9. The van der Waals surface area contributed by atoms with E-state index in [1.165, 1.54) is 0 Å². The maximum absolute atomic E-state index is 11.8. The van der Waals surface area contributed by atoms with E-state index in [2.05, 4.69) is 15.2 Å². The molecule has 6 heteroatoms. The fraction of sp³-hybridized carbons (Fsp3) is 0.167. The van der Waals surface area contributed by atoms with E-state index in [-0.39, 0.29) is 12.3 Å². The van der Waals surface area contributed by atoms with Gasteiger partial charge >= 0.3 is 5.97 Å². The second-order valence-corrected chi connectivity index (χ2v) is 4.58. The van der Waals surface area contributed by atoms with Gasteiger partial charge in [-0.15, -0.1) is 10.2 Å². The minimum atomic E-state index is -0.485. The molecule has 5 nitrogen and oxygen atoms in total. The summed E-state index contributed by atoms with van der Waals surface area (Å²) >= 11 is 1.91. The van der Waals surface area contributed by atoms with Gasteiger partial charge in [0.15, 0.2) is 9.39 Å². The number of carbonyl (C=O) groups is 1. The molecule has 0 spiro atoms. The van der Waals surface area contributed by atoms with Crippen molar-refractivity contribution in [3.05, 3.63) is 51.1 Å². The third-order valence-corrected chi connectivity index (χ3v) is 2.88. The van der Waals surface area contributed by atoms with Gasteiger partial charge in [-0.25, -0.2) is 9.78 Å². The molecule has 0 fully saturated rings. The Balaban J connectivity index is 2.06. The Morgan fingerprint density at radius 1 is 1.28 bits per heavy atom. The Labute approximate surface area is 118 Å². The van der Waals surface area contributed by atoms with Gasteiger partial charge < -0.3 is 4.74 Å². The first-order valence-corrected chi connectivity index (χ1v) is 6.32. The minimum Gasteiger partial charge on any atom is -0.456 e. The molecule has 0 atom stereocenters. The van der Waals surface area contributed by atoms with E-state index >= 15 is 0 Å². The molecule has 1 heterocycles. The highest BCUT2D eigenvalue weighted by Gasteiger charge is 2.15. The zero-order valence-corrected chi connectivity index (χ0v) is 11.8. The molecule has 0 saturated heterocycles. The highest BCUT2D eigenvalue weighted by molar-refractivity contribution is 14.1. The first-order valence-electron chi connectivity index (χ1n) is 5.24. The number of carbonyl (C=O) groups excluding carboxylic acids is 1. The van der Waals surface area contributed by atoms with Gasteiger partial charge in [0.05, 0.1) is 0 Å². The van der Waals surface area contributed by atoms with E-state index in [0.717, 1.165) is 5.56 Å². The van der Waals surface area contributed by atoms with E-state index in [1.807, 2.05) is 52.9 Å². The van der Waals surface area contributed by atoms with E-state index in [1.54, 1.807) is 6.92 Å². The van der Waals surface area contributed by atoms with Gasteiger partial charge in [-0.05, 0) is 35.1 Å². The Hall–Kier alpha value is -1.57. The number of benzene rings is 1. The molecule has 0 unspecified atom stereocenters. The Morgan fingerprint density at radius 2 is 2.00 bits per heavy atom. The third-order valence-electron chi connectivity index (χ3n) is 2.16. The van der Waals surface area contributed by atoms with Crippen LogP contribution in [0, 0.1) is 10.6 Å². The van der Waals surface area contributed by atoms with Crippen LogP contribution >= 0.6 is 22.6 Å². The number of hydrogen-bond acceptors (Lipinski definition) is 5. The van der Waals surface area contributed by atoms with Crippen LogP contribution in [0.25, 0.3) is 0 Å². The van der Waals surface area contributed by atoms with Crippen LogP contribution in [0.3, 0.4) is 0 Å². The average Bonchev–Trinajstić information content (AvgIpc) is 2.40. The molecule has 1 aromatic heterocycles. The van der Waals surface area contributed by atoms with E-state index in [0.29, 0.717) is 9.53 Å². The molecule has 0 aliphatic carbocycles. The monoisotopic (exact) mass is 355 g/mol. The van der Waals surface area contributed by atoms with Crippen molar-refractivity contribution in [3.63, 3.8) is 0 Å². The number of halogens is 1. The summed E-state index contributed by atoms with van der Waals surface area (Å²) in [5.41, 5.74) is 1.14. The lowest BCUT2D eigenvalue weighted by Crippen LogP contribution is -2.12. The molecule has 0 N–H and O–H groups in total. The van der Waals surface area contributed by atoms with Crippen molar-refractivity contribution in [1.29, 1.82) is 0 Å². The predicted octanol–water partition coefficient (Wildman–Crippen LogP) is 2.14. The normalized spacial score (nSPS) is 10.1. The van der Waals surface area contributed by atoms with Crippen LogP contribution in [-0.2, 0) is 11.3 Å². The zero-order chi connectivity index (χ0) is 13.0. The summed E-state index contributed by atoms with van der Waals surface area (Å²) in [6, 6.07) is 9.47. The first-order chi connectivity index (χ1) is 8.66. The smallest absolute Gasteiger partial charge is 0.360 e. The van der Waals surface area contributed by atoms with Crippen molar-refractivity contribution in [2.45, 2.75) is 13.5 Å². The SMILES string of the molecule is Cc1nnc(I)c(C(=O)OCc2ccccc2)n1. The van der Waals surface area contributed by atoms with E-state index in [9.17, 15) is 4.79 Å². The van der Waals surface area contributed by atoms with Gasteiger partial charge in [-0.3, -0.25) is 0 Å². The third kappa shape index (κ3) is 3.22. The topological polar surface area (TPSA) is 65.0 Å². The van der Waals surface area contributed by atoms with Gasteiger partial charge in [0.2, 0.25) is 0 Å². The second kappa shape index (κ2) is 5.85. The second-order valence-electron chi connectivity index (χ2n) is 3.56. The molecule has 0 aliphatic heterocycles. The summed E-state index contributed by atoms with van der Waals surface area (Å²) in [4.78, 5) is 15.9. The van der Waals surface area contributed by atoms with Gasteiger partial charge in [-0.2, -0.15) is 0 Å². The molecule has 0 aliphatic rings. The zero-order valence-electron chi connectivity index (χ0n) is 9.63. The molecular weight excluding hydrogens is 345 g/mol. The summed E-state index contributed by atoms with van der Waals surface area (Å²) in [5.74, 6) is -0.0386. The van der Waals surface area contributed by atoms with Crippen LogP contribution in [-0.4, -0.2) is 21.2 Å². The highest BCUT2D eigenvalue weighted by Crippen LogP contribution is 2.09. The molecule has 0 amide bonds. The standard InChI is InChI=1S/C12H10IN3O2/c1-8-14-10(11(13)16-15-8)12(17)18-7-9-5-3-2-4-6-9/h2-6H,7H2,1H3. The van der Waals surface area contributed by atoms with Crippen LogP contribution in [0.4, 0.5) is 0 Å². The molecule has 92 valence electrons. The molecule has 0 radical (unpaired) electrons. The number of aromatic nitrogens is 3. The number of hydrogen-bond donors (Lipinski definition) is 0. The van der Waals surface area contributed by atoms with Crippen molar-refractivity contribution < 1.29 is 9.53 Å². The Bertz CT molecular complexity index is 561. The minimum absolute atomic E-state index is 0.207. The maximum Gasteiger partial charge on any atom is 0.360 e. The summed E-state index contributed by atoms with van der Waals surface area (Å²) in [6.45, 7) is 1.90. The summed E-state index contributed by atoms with van der Waals surface area (Å²) in [7, 11) is 0.